The monoisotopic (exact) mass is 185 g/mol. The summed E-state index contributed by atoms with van der Waals surface area (Å²) >= 11 is 0. The van der Waals surface area contributed by atoms with Crippen molar-refractivity contribution in [3.63, 3.8) is 0 Å². The average Bonchev–Trinajstić information content (AvgIpc) is 2.03. The number of carbonyl (C=O) groups is 2. The van der Waals surface area contributed by atoms with E-state index in [9.17, 15) is 9.59 Å². The molecule has 0 bridgehead atoms. The molecule has 1 atom stereocenters. The summed E-state index contributed by atoms with van der Waals surface area (Å²) in [6.45, 7) is 5.12. The van der Waals surface area contributed by atoms with Gasteiger partial charge in [0.1, 0.15) is 5.78 Å². The first kappa shape index (κ1) is 10.2. The number of rotatable bonds is 2. The highest BCUT2D eigenvalue weighted by Gasteiger charge is 2.23. The molecule has 1 fully saturated rings. The van der Waals surface area contributed by atoms with Crippen LogP contribution >= 0.6 is 0 Å². The molecule has 1 amide bonds. The van der Waals surface area contributed by atoms with E-state index in [1.54, 1.807) is 4.90 Å². The number of Topliss-reactive ketones (excluding diaryl/α,β-unsaturated/α-hetero) is 1. The lowest BCUT2D eigenvalue weighted by molar-refractivity contribution is -0.141. The fraction of sp³-hybridized carbons (Fsp3) is 0.778. The highest BCUT2D eigenvalue weighted by molar-refractivity contribution is 5.96. The van der Waals surface area contributed by atoms with Crippen LogP contribution in [0.25, 0.3) is 0 Å². The van der Waals surface area contributed by atoms with Crippen molar-refractivity contribution in [3.05, 3.63) is 0 Å². The second kappa shape index (κ2) is 4.37. The summed E-state index contributed by atoms with van der Waals surface area (Å²) in [5.41, 5.74) is 0. The van der Waals surface area contributed by atoms with Gasteiger partial charge in [-0.1, -0.05) is 0 Å². The van der Waals surface area contributed by atoms with Crippen LogP contribution in [0.4, 0.5) is 0 Å². The zero-order valence-electron chi connectivity index (χ0n) is 8.08. The van der Waals surface area contributed by atoms with E-state index in [1.165, 1.54) is 6.92 Å². The van der Waals surface area contributed by atoms with Gasteiger partial charge < -0.3 is 9.64 Å². The molecule has 1 saturated heterocycles. The largest absolute Gasteiger partial charge is 0.377 e. The van der Waals surface area contributed by atoms with Crippen LogP contribution in [0.3, 0.4) is 0 Å². The topological polar surface area (TPSA) is 46.6 Å². The van der Waals surface area contributed by atoms with E-state index in [2.05, 4.69) is 0 Å². The third kappa shape index (κ3) is 2.81. The first-order valence-corrected chi connectivity index (χ1v) is 4.48. The van der Waals surface area contributed by atoms with Crippen LogP contribution in [0.15, 0.2) is 0 Å². The van der Waals surface area contributed by atoms with E-state index >= 15 is 0 Å². The van der Waals surface area contributed by atoms with Crippen molar-refractivity contribution in [3.8, 4) is 0 Å². The Hall–Kier alpha value is -0.900. The lowest BCUT2D eigenvalue weighted by Gasteiger charge is -2.33. The Balaban J connectivity index is 2.48. The first-order chi connectivity index (χ1) is 6.11. The van der Waals surface area contributed by atoms with Crippen LogP contribution in [-0.2, 0) is 14.3 Å². The van der Waals surface area contributed by atoms with Crippen LogP contribution in [0.2, 0.25) is 0 Å². The molecule has 4 nitrogen and oxygen atoms in total. The molecule has 0 N–H and O–H groups in total. The Morgan fingerprint density at radius 2 is 2.23 bits per heavy atom. The minimum atomic E-state index is -0.0803. The van der Waals surface area contributed by atoms with Crippen LogP contribution < -0.4 is 0 Å². The molecule has 0 aromatic heterocycles. The second-order valence-corrected chi connectivity index (χ2v) is 3.39. The number of morpholine rings is 1. The van der Waals surface area contributed by atoms with Gasteiger partial charge in [0.2, 0.25) is 5.91 Å². The zero-order valence-corrected chi connectivity index (χ0v) is 8.08. The van der Waals surface area contributed by atoms with E-state index < -0.39 is 0 Å². The highest BCUT2D eigenvalue weighted by atomic mass is 16.5. The van der Waals surface area contributed by atoms with E-state index in [0.717, 1.165) is 0 Å². The van der Waals surface area contributed by atoms with Gasteiger partial charge in [-0.15, -0.1) is 0 Å². The molecule has 0 aromatic carbocycles. The van der Waals surface area contributed by atoms with Gasteiger partial charge in [0.15, 0.2) is 0 Å². The van der Waals surface area contributed by atoms with Crippen LogP contribution in [0.1, 0.15) is 20.3 Å². The summed E-state index contributed by atoms with van der Waals surface area (Å²) in [4.78, 5) is 23.9. The smallest absolute Gasteiger partial charge is 0.230 e. The summed E-state index contributed by atoms with van der Waals surface area (Å²) in [6.07, 6.45) is 0.0182. The predicted octanol–water partition coefficient (Wildman–Crippen LogP) is 0.213. The Kier molecular flexibility index (Phi) is 3.42. The third-order valence-corrected chi connectivity index (χ3v) is 2.09. The maximum Gasteiger partial charge on any atom is 0.230 e. The maximum atomic E-state index is 11.5. The standard InChI is InChI=1S/C9H15NO3/c1-7-6-13-4-3-10(7)9(12)5-8(2)11/h7H,3-6H2,1-2H3. The molecule has 0 saturated carbocycles. The molecule has 1 aliphatic heterocycles. The molecule has 0 aromatic rings. The van der Waals surface area contributed by atoms with Crippen LogP contribution in [0, 0.1) is 0 Å². The normalized spacial score (nSPS) is 22.9. The molecule has 0 spiro atoms. The van der Waals surface area contributed by atoms with E-state index in [-0.39, 0.29) is 24.2 Å². The molecule has 4 heteroatoms. The summed E-state index contributed by atoms with van der Waals surface area (Å²) in [7, 11) is 0. The molecule has 0 radical (unpaired) electrons. The molecule has 1 aliphatic rings. The van der Waals surface area contributed by atoms with Crippen molar-refractivity contribution in [1.82, 2.24) is 4.90 Å². The van der Waals surface area contributed by atoms with Gasteiger partial charge in [-0.25, -0.2) is 0 Å². The van der Waals surface area contributed by atoms with Crippen molar-refractivity contribution in [2.24, 2.45) is 0 Å². The average molecular weight is 185 g/mol. The molecule has 1 unspecified atom stereocenters. The number of hydrogen-bond acceptors (Lipinski definition) is 3. The van der Waals surface area contributed by atoms with Crippen molar-refractivity contribution in [1.29, 1.82) is 0 Å². The Morgan fingerprint density at radius 3 is 2.77 bits per heavy atom. The van der Waals surface area contributed by atoms with E-state index in [1.807, 2.05) is 6.92 Å². The summed E-state index contributed by atoms with van der Waals surface area (Å²) in [6, 6.07) is 0.0978. The van der Waals surface area contributed by atoms with Gasteiger partial charge in [0.25, 0.3) is 0 Å². The number of amides is 1. The molecule has 0 aliphatic carbocycles. The Labute approximate surface area is 77.8 Å². The minimum Gasteiger partial charge on any atom is -0.377 e. The molecule has 13 heavy (non-hydrogen) atoms. The van der Waals surface area contributed by atoms with E-state index in [4.69, 9.17) is 4.74 Å². The Bertz CT molecular complexity index is 215. The van der Waals surface area contributed by atoms with Gasteiger partial charge >= 0.3 is 0 Å². The lowest BCUT2D eigenvalue weighted by atomic mass is 10.2. The van der Waals surface area contributed by atoms with Crippen molar-refractivity contribution in [2.45, 2.75) is 26.3 Å². The number of carbonyl (C=O) groups excluding carboxylic acids is 2. The first-order valence-electron chi connectivity index (χ1n) is 4.48. The second-order valence-electron chi connectivity index (χ2n) is 3.39. The van der Waals surface area contributed by atoms with Crippen molar-refractivity contribution in [2.75, 3.05) is 19.8 Å². The maximum absolute atomic E-state index is 11.5. The molecular weight excluding hydrogens is 170 g/mol. The van der Waals surface area contributed by atoms with Gasteiger partial charge in [0.05, 0.1) is 25.7 Å². The molecular formula is C9H15NO3. The fourth-order valence-electron chi connectivity index (χ4n) is 1.41. The highest BCUT2D eigenvalue weighted by Crippen LogP contribution is 2.07. The van der Waals surface area contributed by atoms with Gasteiger partial charge in [-0.3, -0.25) is 9.59 Å². The van der Waals surface area contributed by atoms with Crippen molar-refractivity contribution < 1.29 is 14.3 Å². The number of ketones is 1. The molecule has 1 rings (SSSR count). The lowest BCUT2D eigenvalue weighted by Crippen LogP contribution is -2.47. The third-order valence-electron chi connectivity index (χ3n) is 2.09. The summed E-state index contributed by atoms with van der Waals surface area (Å²) < 4.78 is 5.19. The van der Waals surface area contributed by atoms with Gasteiger partial charge in [-0.05, 0) is 13.8 Å². The van der Waals surface area contributed by atoms with Gasteiger partial charge in [-0.2, -0.15) is 0 Å². The summed E-state index contributed by atoms with van der Waals surface area (Å²) in [5.74, 6) is -0.160. The van der Waals surface area contributed by atoms with E-state index in [0.29, 0.717) is 19.8 Å². The zero-order chi connectivity index (χ0) is 9.84. The fourth-order valence-corrected chi connectivity index (χ4v) is 1.41. The van der Waals surface area contributed by atoms with Crippen LogP contribution in [-0.4, -0.2) is 42.4 Å². The van der Waals surface area contributed by atoms with Crippen molar-refractivity contribution >= 4 is 11.7 Å². The van der Waals surface area contributed by atoms with Gasteiger partial charge in [0, 0.05) is 6.54 Å². The van der Waals surface area contributed by atoms with Crippen LogP contribution in [0.5, 0.6) is 0 Å². The summed E-state index contributed by atoms with van der Waals surface area (Å²) in [5, 5.41) is 0. The number of ether oxygens (including phenoxy) is 1. The number of nitrogens with zero attached hydrogens (tertiary/aromatic N) is 1. The number of hydrogen-bond donors (Lipinski definition) is 0. The predicted molar refractivity (Wildman–Crippen MR) is 47.3 cm³/mol. The molecule has 1 heterocycles. The molecule has 74 valence electrons. The SMILES string of the molecule is CC(=O)CC(=O)N1CCOCC1C. The minimum absolute atomic E-state index is 0.0182. The Morgan fingerprint density at radius 1 is 1.54 bits per heavy atom. The quantitative estimate of drug-likeness (QED) is 0.578.